The molecule has 0 unspecified atom stereocenters. The van der Waals surface area contributed by atoms with Crippen LogP contribution in [0.4, 0.5) is 22.0 Å². The fourth-order valence-corrected chi connectivity index (χ4v) is 4.32. The highest BCUT2D eigenvalue weighted by Crippen LogP contribution is 2.47. The van der Waals surface area contributed by atoms with Gasteiger partial charge in [-0.15, -0.1) is 0 Å². The first-order valence-electron chi connectivity index (χ1n) is 10.0. The molecule has 5 rings (SSSR count). The van der Waals surface area contributed by atoms with E-state index in [0.717, 1.165) is 30.3 Å². The smallest absolute Gasteiger partial charge is 0.137 e. The second-order valence-electron chi connectivity index (χ2n) is 7.55. The predicted molar refractivity (Wildman–Crippen MR) is 119 cm³/mol. The van der Waals surface area contributed by atoms with Crippen molar-refractivity contribution in [3.63, 3.8) is 0 Å². The largest absolute Gasteiger partial charge is 0.497 e. The second-order valence-corrected chi connectivity index (χ2v) is 7.55. The van der Waals surface area contributed by atoms with E-state index in [2.05, 4.69) is 0 Å². The third kappa shape index (κ3) is 3.30. The summed E-state index contributed by atoms with van der Waals surface area (Å²) in [5.74, 6) is -4.52. The summed E-state index contributed by atoms with van der Waals surface area (Å²) < 4.78 is 80.2. The average Bonchev–Trinajstić information content (AvgIpc) is 2.81. The predicted octanol–water partition coefficient (Wildman–Crippen LogP) is 8.03. The van der Waals surface area contributed by atoms with Gasteiger partial charge in [0.25, 0.3) is 0 Å². The Labute approximate surface area is 185 Å². The third-order valence-electron chi connectivity index (χ3n) is 5.69. The molecule has 1 nitrogen and oxygen atoms in total. The first-order chi connectivity index (χ1) is 15.9. The van der Waals surface area contributed by atoms with Crippen molar-refractivity contribution < 1.29 is 26.7 Å². The number of hydrogen-bond acceptors (Lipinski definition) is 1. The third-order valence-corrected chi connectivity index (χ3v) is 5.69. The fourth-order valence-electron chi connectivity index (χ4n) is 4.32. The Kier molecular flexibility index (Phi) is 5.01. The molecule has 5 aromatic carbocycles. The van der Waals surface area contributed by atoms with Crippen LogP contribution in [0.15, 0.2) is 72.8 Å². The highest BCUT2D eigenvalue weighted by atomic mass is 19.1. The Morgan fingerprint density at radius 2 is 1.15 bits per heavy atom. The van der Waals surface area contributed by atoms with Crippen LogP contribution in [0.25, 0.3) is 43.8 Å². The quantitative estimate of drug-likeness (QED) is 0.200. The molecule has 33 heavy (non-hydrogen) atoms. The minimum atomic E-state index is -1.05. The Morgan fingerprint density at radius 3 is 1.76 bits per heavy atom. The van der Waals surface area contributed by atoms with E-state index in [9.17, 15) is 4.39 Å². The van der Waals surface area contributed by atoms with E-state index in [1.165, 1.54) is 19.2 Å². The molecule has 0 aliphatic heterocycles. The van der Waals surface area contributed by atoms with Crippen LogP contribution in [0.2, 0.25) is 0 Å². The van der Waals surface area contributed by atoms with Gasteiger partial charge in [-0.1, -0.05) is 36.4 Å². The molecule has 0 spiro atoms. The number of benzene rings is 5. The highest BCUT2D eigenvalue weighted by molar-refractivity contribution is 6.21. The van der Waals surface area contributed by atoms with E-state index in [1.807, 2.05) is 0 Å². The lowest BCUT2D eigenvalue weighted by molar-refractivity contribution is 0.407. The molecule has 0 bridgehead atoms. The van der Waals surface area contributed by atoms with E-state index in [4.69, 9.17) is 4.74 Å². The Hall–Kier alpha value is -3.93. The monoisotopic (exact) mass is 450 g/mol. The Morgan fingerprint density at radius 1 is 0.545 bits per heavy atom. The maximum Gasteiger partial charge on any atom is 0.137 e. The number of halogens is 5. The maximum absolute atomic E-state index is 15.3. The highest BCUT2D eigenvalue weighted by Gasteiger charge is 2.26. The van der Waals surface area contributed by atoms with Crippen LogP contribution >= 0.6 is 0 Å². The summed E-state index contributed by atoms with van der Waals surface area (Å²) in [6.07, 6.45) is 0. The van der Waals surface area contributed by atoms with Crippen molar-refractivity contribution in [2.24, 2.45) is 0 Å². The van der Waals surface area contributed by atoms with Crippen LogP contribution < -0.4 is 4.74 Å². The van der Waals surface area contributed by atoms with E-state index in [-0.39, 0.29) is 27.5 Å². The zero-order valence-electron chi connectivity index (χ0n) is 17.2. The molecule has 5 aromatic rings. The fraction of sp³-hybridized carbons (Fsp3) is 0.0370. The van der Waals surface area contributed by atoms with Crippen molar-refractivity contribution in [1.29, 1.82) is 0 Å². The molecule has 6 heteroatoms. The topological polar surface area (TPSA) is 9.23 Å². The lowest BCUT2D eigenvalue weighted by atomic mass is 9.85. The van der Waals surface area contributed by atoms with Gasteiger partial charge in [0.05, 0.1) is 12.7 Å². The van der Waals surface area contributed by atoms with E-state index in [0.29, 0.717) is 16.5 Å². The molecule has 0 fully saturated rings. The van der Waals surface area contributed by atoms with Gasteiger partial charge in [0, 0.05) is 34.0 Å². The molecule has 0 atom stereocenters. The summed E-state index contributed by atoms with van der Waals surface area (Å²) >= 11 is 0. The standard InChI is InChI=1S/C27H15F5O/c1-33-16-12-21(31)25(22(32)13-16)24-18-11-15(28)7-8-17(18)23(14-5-3-2-4-6-14)26-19(29)9-10-20(30)27(24)26/h2-13H,1H3. The number of rotatable bonds is 3. The molecule has 0 radical (unpaired) electrons. The van der Waals surface area contributed by atoms with Gasteiger partial charge in [-0.25, -0.2) is 22.0 Å². The number of fused-ring (bicyclic) bond motifs is 2. The van der Waals surface area contributed by atoms with E-state index >= 15 is 17.6 Å². The normalized spacial score (nSPS) is 11.3. The number of ether oxygens (including phenoxy) is 1. The zero-order valence-corrected chi connectivity index (χ0v) is 17.2. The van der Waals surface area contributed by atoms with Crippen molar-refractivity contribution in [3.05, 3.63) is 102 Å². The molecule has 0 saturated carbocycles. The van der Waals surface area contributed by atoms with Crippen LogP contribution in [0.5, 0.6) is 5.75 Å². The van der Waals surface area contributed by atoms with Gasteiger partial charge in [0.2, 0.25) is 0 Å². The van der Waals surface area contributed by atoms with Crippen molar-refractivity contribution >= 4 is 21.5 Å². The Balaban J connectivity index is 2.09. The maximum atomic E-state index is 15.3. The van der Waals surface area contributed by atoms with Gasteiger partial charge in [-0.2, -0.15) is 0 Å². The molecular formula is C27H15F5O. The second kappa shape index (κ2) is 7.89. The van der Waals surface area contributed by atoms with Gasteiger partial charge in [0.1, 0.15) is 34.8 Å². The molecule has 0 aliphatic carbocycles. The van der Waals surface area contributed by atoms with Crippen molar-refractivity contribution in [1.82, 2.24) is 0 Å². The molecule has 0 aromatic heterocycles. The van der Waals surface area contributed by atoms with Crippen LogP contribution in [-0.2, 0) is 0 Å². The summed E-state index contributed by atoms with van der Waals surface area (Å²) in [4.78, 5) is 0. The number of hydrogen-bond donors (Lipinski definition) is 0. The molecular weight excluding hydrogens is 435 g/mol. The molecule has 0 aliphatic rings. The SMILES string of the molecule is COc1cc(F)c(-c2c3cc(F)ccc3c(-c3ccccc3)c3c(F)ccc(F)c23)c(F)c1. The molecule has 0 N–H and O–H groups in total. The lowest BCUT2D eigenvalue weighted by Gasteiger charge is -2.19. The van der Waals surface area contributed by atoms with Crippen LogP contribution in [0, 0.1) is 29.1 Å². The van der Waals surface area contributed by atoms with Crippen LogP contribution in [-0.4, -0.2) is 7.11 Å². The van der Waals surface area contributed by atoms with Gasteiger partial charge in [0.15, 0.2) is 0 Å². The first kappa shape index (κ1) is 20.9. The van der Waals surface area contributed by atoms with Crippen molar-refractivity contribution in [2.45, 2.75) is 0 Å². The molecule has 0 saturated heterocycles. The van der Waals surface area contributed by atoms with Gasteiger partial charge < -0.3 is 4.74 Å². The zero-order chi connectivity index (χ0) is 23.3. The van der Waals surface area contributed by atoms with Crippen molar-refractivity contribution in [3.8, 4) is 28.0 Å². The van der Waals surface area contributed by atoms with Crippen LogP contribution in [0.1, 0.15) is 0 Å². The summed E-state index contributed by atoms with van der Waals surface area (Å²) in [7, 11) is 1.25. The summed E-state index contributed by atoms with van der Waals surface area (Å²) in [5.41, 5.74) is -0.0177. The van der Waals surface area contributed by atoms with E-state index in [1.54, 1.807) is 30.3 Å². The Bertz CT molecular complexity index is 1520. The summed E-state index contributed by atoms with van der Waals surface area (Å²) in [6, 6.07) is 16.0. The van der Waals surface area contributed by atoms with Gasteiger partial charge in [-0.05, 0) is 40.6 Å². The lowest BCUT2D eigenvalue weighted by Crippen LogP contribution is -2.00. The van der Waals surface area contributed by atoms with E-state index < -0.39 is 34.6 Å². The minimum absolute atomic E-state index is 0.0498. The first-order valence-corrected chi connectivity index (χ1v) is 10.0. The summed E-state index contributed by atoms with van der Waals surface area (Å²) in [6.45, 7) is 0. The number of methoxy groups -OCH3 is 1. The van der Waals surface area contributed by atoms with Gasteiger partial charge >= 0.3 is 0 Å². The molecule has 0 heterocycles. The van der Waals surface area contributed by atoms with Crippen molar-refractivity contribution in [2.75, 3.05) is 7.11 Å². The molecule has 164 valence electrons. The van der Waals surface area contributed by atoms with Gasteiger partial charge in [-0.3, -0.25) is 0 Å². The summed E-state index contributed by atoms with van der Waals surface area (Å²) in [5, 5.41) is -0.113. The van der Waals surface area contributed by atoms with Crippen LogP contribution in [0.3, 0.4) is 0 Å². The average molecular weight is 450 g/mol. The molecule has 0 amide bonds. The minimum Gasteiger partial charge on any atom is -0.497 e.